The molecule has 1 saturated heterocycles. The number of morpholine rings is 1. The average molecular weight is 238 g/mol. The van der Waals surface area contributed by atoms with Crippen LogP contribution in [-0.4, -0.2) is 63.4 Å². The highest BCUT2D eigenvalue weighted by Crippen LogP contribution is 2.11. The Morgan fingerprint density at radius 3 is 2.88 bits per heavy atom. The van der Waals surface area contributed by atoms with Crippen molar-refractivity contribution < 1.29 is 23.0 Å². The lowest BCUT2D eigenvalue weighted by atomic mass is 10.2. The predicted molar refractivity (Wildman–Crippen MR) is 52.6 cm³/mol. The molecule has 1 heterocycles. The van der Waals surface area contributed by atoms with Crippen LogP contribution in [-0.2, 0) is 9.47 Å². The molecular formula is C9H16F2N2O3. The molecule has 1 N–H and O–H groups in total. The standard InChI is InChI=1S/C9H16F2N2O3/c1-12-9(14)16-8-6-13(2-3-15-8)7(4-10)5-11/h7-8H,2-6H2,1H3,(H,12,14). The zero-order valence-corrected chi connectivity index (χ0v) is 9.12. The number of amides is 1. The number of rotatable bonds is 4. The van der Waals surface area contributed by atoms with Gasteiger partial charge in [-0.2, -0.15) is 0 Å². The van der Waals surface area contributed by atoms with Crippen LogP contribution in [0, 0.1) is 0 Å². The van der Waals surface area contributed by atoms with Crippen molar-refractivity contribution in [1.29, 1.82) is 0 Å². The maximum absolute atomic E-state index is 12.5. The Balaban J connectivity index is 2.43. The fourth-order valence-electron chi connectivity index (χ4n) is 1.45. The van der Waals surface area contributed by atoms with Crippen LogP contribution in [0.3, 0.4) is 0 Å². The van der Waals surface area contributed by atoms with Crippen LogP contribution in [0.1, 0.15) is 0 Å². The predicted octanol–water partition coefficient (Wildman–Crippen LogP) is 0.308. The van der Waals surface area contributed by atoms with Crippen LogP contribution in [0.2, 0.25) is 0 Å². The first-order valence-corrected chi connectivity index (χ1v) is 5.07. The lowest BCUT2D eigenvalue weighted by Crippen LogP contribution is -2.51. The van der Waals surface area contributed by atoms with E-state index >= 15 is 0 Å². The third-order valence-electron chi connectivity index (χ3n) is 2.38. The lowest BCUT2D eigenvalue weighted by Gasteiger charge is -2.35. The zero-order chi connectivity index (χ0) is 12.0. The van der Waals surface area contributed by atoms with Gasteiger partial charge in [-0.05, 0) is 0 Å². The fourth-order valence-corrected chi connectivity index (χ4v) is 1.45. The van der Waals surface area contributed by atoms with E-state index in [9.17, 15) is 13.6 Å². The van der Waals surface area contributed by atoms with E-state index in [0.717, 1.165) is 0 Å². The quantitative estimate of drug-likeness (QED) is 0.765. The summed E-state index contributed by atoms with van der Waals surface area (Å²) in [7, 11) is 1.43. The summed E-state index contributed by atoms with van der Waals surface area (Å²) in [6, 6.07) is -0.778. The SMILES string of the molecule is CNC(=O)OC1CN(C(CF)CF)CCO1. The molecule has 0 saturated carbocycles. The smallest absolute Gasteiger partial charge is 0.409 e. The van der Waals surface area contributed by atoms with Gasteiger partial charge in [-0.25, -0.2) is 13.6 Å². The molecule has 94 valence electrons. The van der Waals surface area contributed by atoms with E-state index in [0.29, 0.717) is 6.54 Å². The minimum Gasteiger partial charge on any atom is -0.418 e. The number of nitrogens with zero attached hydrogens (tertiary/aromatic N) is 1. The number of carbonyl (C=O) groups excluding carboxylic acids is 1. The number of nitrogens with one attached hydrogen (secondary N) is 1. The first-order chi connectivity index (χ1) is 7.71. The molecule has 1 rings (SSSR count). The van der Waals surface area contributed by atoms with Gasteiger partial charge in [0.05, 0.1) is 19.2 Å². The van der Waals surface area contributed by atoms with Gasteiger partial charge in [0, 0.05) is 13.6 Å². The minimum absolute atomic E-state index is 0.186. The van der Waals surface area contributed by atoms with Crippen LogP contribution in [0.25, 0.3) is 0 Å². The van der Waals surface area contributed by atoms with Gasteiger partial charge in [-0.1, -0.05) is 0 Å². The minimum atomic E-state index is -0.778. The molecule has 1 aliphatic rings. The Morgan fingerprint density at radius 2 is 2.31 bits per heavy atom. The van der Waals surface area contributed by atoms with E-state index < -0.39 is 31.8 Å². The first-order valence-electron chi connectivity index (χ1n) is 5.07. The van der Waals surface area contributed by atoms with Crippen LogP contribution in [0.4, 0.5) is 13.6 Å². The molecule has 7 heteroatoms. The molecule has 1 amide bonds. The average Bonchev–Trinajstić information content (AvgIpc) is 2.31. The summed E-state index contributed by atoms with van der Waals surface area (Å²) in [5.41, 5.74) is 0. The second-order valence-electron chi connectivity index (χ2n) is 3.41. The highest BCUT2D eigenvalue weighted by Gasteiger charge is 2.28. The maximum Gasteiger partial charge on any atom is 0.409 e. The van der Waals surface area contributed by atoms with Gasteiger partial charge in [-0.15, -0.1) is 0 Å². The lowest BCUT2D eigenvalue weighted by molar-refractivity contribution is -0.155. The number of hydrogen-bond acceptors (Lipinski definition) is 4. The van der Waals surface area contributed by atoms with Gasteiger partial charge in [0.1, 0.15) is 13.3 Å². The molecule has 1 unspecified atom stereocenters. The van der Waals surface area contributed by atoms with Crippen molar-refractivity contribution >= 4 is 6.09 Å². The summed E-state index contributed by atoms with van der Waals surface area (Å²) in [5.74, 6) is 0. The van der Waals surface area contributed by atoms with E-state index in [1.54, 1.807) is 4.90 Å². The number of alkyl halides is 2. The highest BCUT2D eigenvalue weighted by atomic mass is 19.1. The van der Waals surface area contributed by atoms with Gasteiger partial charge < -0.3 is 14.8 Å². The summed E-state index contributed by atoms with van der Waals surface area (Å²) in [4.78, 5) is 12.5. The summed E-state index contributed by atoms with van der Waals surface area (Å²) >= 11 is 0. The Kier molecular flexibility index (Phi) is 5.41. The molecule has 0 aromatic carbocycles. The van der Waals surface area contributed by atoms with E-state index in [1.807, 2.05) is 0 Å². The molecular weight excluding hydrogens is 222 g/mol. The summed E-state index contributed by atoms with van der Waals surface area (Å²) in [5, 5.41) is 2.28. The van der Waals surface area contributed by atoms with Crippen molar-refractivity contribution in [2.45, 2.75) is 12.3 Å². The number of hydrogen-bond donors (Lipinski definition) is 1. The molecule has 1 atom stereocenters. The van der Waals surface area contributed by atoms with Crippen molar-refractivity contribution in [3.8, 4) is 0 Å². The summed E-state index contributed by atoms with van der Waals surface area (Å²) in [6.45, 7) is -0.609. The third-order valence-corrected chi connectivity index (χ3v) is 2.38. The molecule has 0 bridgehead atoms. The number of halogens is 2. The summed E-state index contributed by atoms with van der Waals surface area (Å²) in [6.07, 6.45) is -1.39. The zero-order valence-electron chi connectivity index (χ0n) is 9.12. The third kappa shape index (κ3) is 3.57. The molecule has 5 nitrogen and oxygen atoms in total. The van der Waals surface area contributed by atoms with E-state index in [2.05, 4.69) is 5.32 Å². The monoisotopic (exact) mass is 238 g/mol. The van der Waals surface area contributed by atoms with E-state index in [-0.39, 0.29) is 13.2 Å². The van der Waals surface area contributed by atoms with Crippen LogP contribution >= 0.6 is 0 Å². The molecule has 0 aromatic rings. The largest absolute Gasteiger partial charge is 0.418 e. The van der Waals surface area contributed by atoms with E-state index in [1.165, 1.54) is 7.05 Å². The molecule has 0 aromatic heterocycles. The van der Waals surface area contributed by atoms with Crippen molar-refractivity contribution in [3.63, 3.8) is 0 Å². The molecule has 0 radical (unpaired) electrons. The molecule has 1 aliphatic heterocycles. The Hall–Kier alpha value is -0.950. The van der Waals surface area contributed by atoms with Gasteiger partial charge in [-0.3, -0.25) is 4.90 Å². The summed E-state index contributed by atoms with van der Waals surface area (Å²) < 4.78 is 34.9. The van der Waals surface area contributed by atoms with Crippen LogP contribution in [0.5, 0.6) is 0 Å². The van der Waals surface area contributed by atoms with Crippen molar-refractivity contribution in [2.24, 2.45) is 0 Å². The molecule has 1 fully saturated rings. The number of ether oxygens (including phenoxy) is 2. The molecule has 0 spiro atoms. The van der Waals surface area contributed by atoms with Crippen molar-refractivity contribution in [1.82, 2.24) is 10.2 Å². The van der Waals surface area contributed by atoms with Gasteiger partial charge in [0.2, 0.25) is 6.29 Å². The van der Waals surface area contributed by atoms with Crippen LogP contribution < -0.4 is 5.32 Å². The second kappa shape index (κ2) is 6.59. The Bertz CT molecular complexity index is 227. The van der Waals surface area contributed by atoms with E-state index in [4.69, 9.17) is 9.47 Å². The maximum atomic E-state index is 12.5. The Morgan fingerprint density at radius 1 is 1.62 bits per heavy atom. The van der Waals surface area contributed by atoms with Crippen molar-refractivity contribution in [3.05, 3.63) is 0 Å². The number of carbonyl (C=O) groups is 1. The first kappa shape index (κ1) is 13.1. The van der Waals surface area contributed by atoms with Crippen LogP contribution in [0.15, 0.2) is 0 Å². The second-order valence-corrected chi connectivity index (χ2v) is 3.41. The van der Waals surface area contributed by atoms with Crippen molar-refractivity contribution in [2.75, 3.05) is 40.1 Å². The highest BCUT2D eigenvalue weighted by molar-refractivity contribution is 5.66. The van der Waals surface area contributed by atoms with Gasteiger partial charge in [0.15, 0.2) is 0 Å². The normalized spacial score (nSPS) is 22.1. The number of alkyl carbamates (subject to hydrolysis) is 1. The molecule has 0 aliphatic carbocycles. The molecule has 16 heavy (non-hydrogen) atoms. The Labute approximate surface area is 92.7 Å². The fraction of sp³-hybridized carbons (Fsp3) is 0.889. The van der Waals surface area contributed by atoms with Gasteiger partial charge >= 0.3 is 6.09 Å². The van der Waals surface area contributed by atoms with Gasteiger partial charge in [0.25, 0.3) is 0 Å². The topological polar surface area (TPSA) is 50.8 Å².